The summed E-state index contributed by atoms with van der Waals surface area (Å²) in [5.41, 5.74) is -0.136. The third-order valence-corrected chi connectivity index (χ3v) is 5.79. The normalized spacial score (nSPS) is 12.0. The summed E-state index contributed by atoms with van der Waals surface area (Å²) < 4.78 is 67.9. The van der Waals surface area contributed by atoms with Crippen LogP contribution in [0.3, 0.4) is 0 Å². The highest BCUT2D eigenvalue weighted by molar-refractivity contribution is 7.90. The lowest BCUT2D eigenvalue weighted by Gasteiger charge is -2.10. The van der Waals surface area contributed by atoms with Gasteiger partial charge in [0.05, 0.1) is 16.3 Å². The Morgan fingerprint density at radius 3 is 2.20 bits per heavy atom. The van der Waals surface area contributed by atoms with Crippen LogP contribution in [0.15, 0.2) is 59.5 Å². The van der Waals surface area contributed by atoms with Gasteiger partial charge in [-0.15, -0.1) is 0 Å². The number of aromatic nitrogens is 2. The average molecular weight is 437 g/mol. The Kier molecular flexibility index (Phi) is 5.71. The summed E-state index contributed by atoms with van der Waals surface area (Å²) in [6.07, 6.45) is -4.65. The molecule has 1 N–H and O–H groups in total. The van der Waals surface area contributed by atoms with E-state index in [2.05, 4.69) is 5.10 Å². The standard InChI is InChI=1S/C20H18F3N3O3S/c1-3-17(27)25-30(28,29)16-11-9-14(10-12-16)18-13(2)19(20(21,22)23)24-26(18)15-7-5-4-6-8-15/h4-12H,3H2,1-2H3,(H,25,27). The van der Waals surface area contributed by atoms with Crippen LogP contribution in [-0.2, 0) is 21.0 Å². The molecule has 158 valence electrons. The van der Waals surface area contributed by atoms with Crippen molar-refractivity contribution in [3.8, 4) is 16.9 Å². The van der Waals surface area contributed by atoms with Crippen LogP contribution in [0, 0.1) is 6.92 Å². The van der Waals surface area contributed by atoms with Crippen molar-refractivity contribution in [2.45, 2.75) is 31.3 Å². The van der Waals surface area contributed by atoms with Gasteiger partial charge >= 0.3 is 6.18 Å². The molecular weight excluding hydrogens is 419 g/mol. The minimum absolute atomic E-state index is 0.00696. The molecule has 3 rings (SSSR count). The number of para-hydroxylation sites is 1. The first-order chi connectivity index (χ1) is 14.0. The minimum atomic E-state index is -4.65. The van der Waals surface area contributed by atoms with Crippen LogP contribution < -0.4 is 4.72 Å². The number of halogens is 3. The quantitative estimate of drug-likeness (QED) is 0.652. The van der Waals surface area contributed by atoms with E-state index in [1.807, 2.05) is 4.72 Å². The molecule has 0 saturated carbocycles. The van der Waals surface area contributed by atoms with E-state index in [1.54, 1.807) is 30.3 Å². The SMILES string of the molecule is CCC(=O)NS(=O)(=O)c1ccc(-c2c(C)c(C(F)(F)F)nn2-c2ccccc2)cc1. The zero-order chi connectivity index (χ0) is 22.1. The van der Waals surface area contributed by atoms with Crippen LogP contribution in [0.2, 0.25) is 0 Å². The van der Waals surface area contributed by atoms with Crippen molar-refractivity contribution in [3.05, 3.63) is 65.9 Å². The Labute approximate surface area is 171 Å². The van der Waals surface area contributed by atoms with E-state index in [9.17, 15) is 26.4 Å². The van der Waals surface area contributed by atoms with E-state index < -0.39 is 27.8 Å². The zero-order valence-electron chi connectivity index (χ0n) is 16.1. The monoisotopic (exact) mass is 437 g/mol. The predicted molar refractivity (Wildman–Crippen MR) is 104 cm³/mol. The molecule has 1 aromatic heterocycles. The van der Waals surface area contributed by atoms with Crippen molar-refractivity contribution in [1.82, 2.24) is 14.5 Å². The molecule has 1 heterocycles. The van der Waals surface area contributed by atoms with Gasteiger partial charge in [0.15, 0.2) is 5.69 Å². The topological polar surface area (TPSA) is 81.1 Å². The average Bonchev–Trinajstić information content (AvgIpc) is 3.06. The number of hydrogen-bond acceptors (Lipinski definition) is 4. The lowest BCUT2D eigenvalue weighted by Crippen LogP contribution is -2.29. The number of carbonyl (C=O) groups excluding carboxylic acids is 1. The molecule has 0 aliphatic carbocycles. The highest BCUT2D eigenvalue weighted by Crippen LogP contribution is 2.37. The van der Waals surface area contributed by atoms with Crippen LogP contribution in [0.4, 0.5) is 13.2 Å². The van der Waals surface area contributed by atoms with Gasteiger partial charge in [-0.25, -0.2) is 17.8 Å². The Bertz CT molecular complexity index is 1170. The maximum absolute atomic E-state index is 13.5. The second kappa shape index (κ2) is 7.94. The molecule has 2 aromatic carbocycles. The zero-order valence-corrected chi connectivity index (χ0v) is 16.9. The number of amides is 1. The van der Waals surface area contributed by atoms with Crippen molar-refractivity contribution in [2.24, 2.45) is 0 Å². The van der Waals surface area contributed by atoms with Crippen LogP contribution >= 0.6 is 0 Å². The highest BCUT2D eigenvalue weighted by Gasteiger charge is 2.38. The van der Waals surface area contributed by atoms with Crippen molar-refractivity contribution >= 4 is 15.9 Å². The molecular formula is C20H18F3N3O3S. The first-order valence-corrected chi connectivity index (χ1v) is 10.4. The summed E-state index contributed by atoms with van der Waals surface area (Å²) in [4.78, 5) is 11.3. The largest absolute Gasteiger partial charge is 0.435 e. The maximum atomic E-state index is 13.5. The molecule has 3 aromatic rings. The van der Waals surface area contributed by atoms with Gasteiger partial charge in [-0.2, -0.15) is 18.3 Å². The number of benzene rings is 2. The van der Waals surface area contributed by atoms with E-state index in [0.717, 1.165) is 0 Å². The number of rotatable bonds is 5. The van der Waals surface area contributed by atoms with E-state index in [4.69, 9.17) is 0 Å². The first kappa shape index (κ1) is 21.6. The van der Waals surface area contributed by atoms with Gasteiger partial charge in [0.2, 0.25) is 5.91 Å². The Morgan fingerprint density at radius 1 is 1.07 bits per heavy atom. The number of nitrogens with one attached hydrogen (secondary N) is 1. The van der Waals surface area contributed by atoms with E-state index in [0.29, 0.717) is 11.3 Å². The van der Waals surface area contributed by atoms with Gasteiger partial charge in [-0.1, -0.05) is 37.3 Å². The van der Waals surface area contributed by atoms with Gasteiger partial charge in [0.1, 0.15) is 0 Å². The van der Waals surface area contributed by atoms with Crippen molar-refractivity contribution in [3.63, 3.8) is 0 Å². The molecule has 1 amide bonds. The lowest BCUT2D eigenvalue weighted by molar-refractivity contribution is -0.141. The molecule has 0 aliphatic rings. The van der Waals surface area contributed by atoms with Gasteiger partial charge in [-0.05, 0) is 31.2 Å². The van der Waals surface area contributed by atoms with Gasteiger partial charge in [0, 0.05) is 17.5 Å². The first-order valence-electron chi connectivity index (χ1n) is 8.93. The Hall–Kier alpha value is -3.14. The lowest BCUT2D eigenvalue weighted by atomic mass is 10.1. The van der Waals surface area contributed by atoms with E-state index in [-0.39, 0.29) is 22.6 Å². The molecule has 0 aliphatic heterocycles. The second-order valence-electron chi connectivity index (χ2n) is 6.47. The molecule has 10 heteroatoms. The summed E-state index contributed by atoms with van der Waals surface area (Å²) in [5.74, 6) is -0.660. The van der Waals surface area contributed by atoms with Crippen LogP contribution in [0.5, 0.6) is 0 Å². The molecule has 0 saturated heterocycles. The Morgan fingerprint density at radius 2 is 1.67 bits per heavy atom. The van der Waals surface area contributed by atoms with Crippen molar-refractivity contribution in [2.75, 3.05) is 0 Å². The number of nitrogens with zero attached hydrogens (tertiary/aromatic N) is 2. The van der Waals surface area contributed by atoms with Crippen molar-refractivity contribution in [1.29, 1.82) is 0 Å². The van der Waals surface area contributed by atoms with Gasteiger partial charge in [0.25, 0.3) is 10.0 Å². The van der Waals surface area contributed by atoms with Crippen molar-refractivity contribution < 1.29 is 26.4 Å². The highest BCUT2D eigenvalue weighted by atomic mass is 32.2. The molecule has 6 nitrogen and oxygen atoms in total. The number of hydrogen-bond donors (Lipinski definition) is 1. The summed E-state index contributed by atoms with van der Waals surface area (Å²) in [6.45, 7) is 2.83. The molecule has 0 fully saturated rings. The van der Waals surface area contributed by atoms with Gasteiger partial charge in [-0.3, -0.25) is 4.79 Å². The second-order valence-corrected chi connectivity index (χ2v) is 8.16. The summed E-state index contributed by atoms with van der Waals surface area (Å²) >= 11 is 0. The van der Waals surface area contributed by atoms with Crippen LogP contribution in [0.1, 0.15) is 24.6 Å². The minimum Gasteiger partial charge on any atom is -0.274 e. The molecule has 0 atom stereocenters. The smallest absolute Gasteiger partial charge is 0.274 e. The third kappa shape index (κ3) is 4.23. The fourth-order valence-electron chi connectivity index (χ4n) is 2.93. The maximum Gasteiger partial charge on any atom is 0.435 e. The molecule has 30 heavy (non-hydrogen) atoms. The fourth-order valence-corrected chi connectivity index (χ4v) is 3.99. The molecule has 0 radical (unpaired) electrons. The molecule has 0 spiro atoms. The third-order valence-electron chi connectivity index (χ3n) is 4.40. The van der Waals surface area contributed by atoms with Gasteiger partial charge < -0.3 is 0 Å². The number of carbonyl (C=O) groups is 1. The number of sulfonamides is 1. The molecule has 0 unspecified atom stereocenters. The van der Waals surface area contributed by atoms with E-state index in [1.165, 1.54) is 42.8 Å². The van der Waals surface area contributed by atoms with E-state index >= 15 is 0 Å². The van der Waals surface area contributed by atoms with Crippen LogP contribution in [0.25, 0.3) is 16.9 Å². The predicted octanol–water partition coefficient (Wildman–Crippen LogP) is 4.08. The Balaban J connectivity index is 2.12. The van der Waals surface area contributed by atoms with Crippen LogP contribution in [-0.4, -0.2) is 24.1 Å². The summed E-state index contributed by atoms with van der Waals surface area (Å²) in [7, 11) is -4.06. The number of alkyl halides is 3. The fraction of sp³-hybridized carbons (Fsp3) is 0.200. The summed E-state index contributed by atoms with van der Waals surface area (Å²) in [6, 6.07) is 13.6. The molecule has 0 bridgehead atoms. The summed E-state index contributed by atoms with van der Waals surface area (Å²) in [5, 5.41) is 3.77.